The van der Waals surface area contributed by atoms with Gasteiger partial charge in [-0.25, -0.2) is 4.79 Å². The zero-order valence-electron chi connectivity index (χ0n) is 11.4. The van der Waals surface area contributed by atoms with Gasteiger partial charge in [0.2, 0.25) is 5.91 Å². The SMILES string of the molecule is Cc1cccc(C(=O)O)c1NC(=O)Cc1ccc(Br)cc1. The third-order valence-corrected chi connectivity index (χ3v) is 3.57. The van der Waals surface area contributed by atoms with Crippen molar-refractivity contribution in [2.45, 2.75) is 13.3 Å². The van der Waals surface area contributed by atoms with Crippen molar-refractivity contribution in [2.24, 2.45) is 0 Å². The lowest BCUT2D eigenvalue weighted by Crippen LogP contribution is -2.17. The van der Waals surface area contributed by atoms with Gasteiger partial charge in [-0.3, -0.25) is 4.79 Å². The molecule has 0 radical (unpaired) electrons. The van der Waals surface area contributed by atoms with Crippen LogP contribution in [0.2, 0.25) is 0 Å². The molecule has 0 unspecified atom stereocenters. The summed E-state index contributed by atoms with van der Waals surface area (Å²) in [6.45, 7) is 1.77. The van der Waals surface area contributed by atoms with Crippen molar-refractivity contribution in [3.05, 3.63) is 63.6 Å². The quantitative estimate of drug-likeness (QED) is 0.887. The minimum Gasteiger partial charge on any atom is -0.478 e. The minimum atomic E-state index is -1.06. The molecule has 0 atom stereocenters. The molecule has 0 saturated heterocycles. The van der Waals surface area contributed by atoms with Gasteiger partial charge in [-0.1, -0.05) is 40.2 Å². The first-order chi connectivity index (χ1) is 9.97. The Morgan fingerprint density at radius 2 is 1.81 bits per heavy atom. The predicted octanol–water partition coefficient (Wildman–Crippen LogP) is 3.64. The van der Waals surface area contributed by atoms with Crippen LogP contribution in [0.3, 0.4) is 0 Å². The van der Waals surface area contributed by atoms with E-state index in [2.05, 4.69) is 21.2 Å². The maximum atomic E-state index is 12.1. The number of aryl methyl sites for hydroxylation is 1. The average molecular weight is 348 g/mol. The molecule has 0 aliphatic heterocycles. The molecular formula is C16H14BrNO3. The Balaban J connectivity index is 2.16. The molecule has 0 aromatic heterocycles. The molecule has 2 aromatic carbocycles. The third kappa shape index (κ3) is 3.92. The minimum absolute atomic E-state index is 0.0964. The Morgan fingerprint density at radius 1 is 1.14 bits per heavy atom. The summed E-state index contributed by atoms with van der Waals surface area (Å²) in [6, 6.07) is 12.3. The van der Waals surface area contributed by atoms with Gasteiger partial charge in [0.15, 0.2) is 0 Å². The number of carbonyl (C=O) groups excluding carboxylic acids is 1. The van der Waals surface area contributed by atoms with E-state index >= 15 is 0 Å². The van der Waals surface area contributed by atoms with E-state index in [9.17, 15) is 9.59 Å². The van der Waals surface area contributed by atoms with Crippen LogP contribution in [0.4, 0.5) is 5.69 Å². The van der Waals surface area contributed by atoms with Gasteiger partial charge in [0.25, 0.3) is 0 Å². The first kappa shape index (κ1) is 15.3. The number of amides is 1. The number of benzene rings is 2. The molecule has 2 rings (SSSR count). The van der Waals surface area contributed by atoms with E-state index in [4.69, 9.17) is 5.11 Å². The van der Waals surface area contributed by atoms with Crippen molar-refractivity contribution in [3.8, 4) is 0 Å². The van der Waals surface area contributed by atoms with Crippen molar-refractivity contribution < 1.29 is 14.7 Å². The standard InChI is InChI=1S/C16H14BrNO3/c1-10-3-2-4-13(16(20)21)15(10)18-14(19)9-11-5-7-12(17)8-6-11/h2-8H,9H2,1H3,(H,18,19)(H,20,21). The lowest BCUT2D eigenvalue weighted by Gasteiger charge is -2.11. The Bertz CT molecular complexity index is 680. The number of aromatic carboxylic acids is 1. The average Bonchev–Trinajstić information content (AvgIpc) is 2.43. The van der Waals surface area contributed by atoms with Gasteiger partial charge >= 0.3 is 5.97 Å². The smallest absolute Gasteiger partial charge is 0.337 e. The van der Waals surface area contributed by atoms with Gasteiger partial charge in [0.1, 0.15) is 0 Å². The van der Waals surface area contributed by atoms with Gasteiger partial charge in [-0.2, -0.15) is 0 Å². The Labute approximate surface area is 130 Å². The summed E-state index contributed by atoms with van der Waals surface area (Å²) in [5.74, 6) is -1.30. The number of hydrogen-bond acceptors (Lipinski definition) is 2. The molecule has 21 heavy (non-hydrogen) atoms. The van der Waals surface area contributed by atoms with E-state index in [0.717, 1.165) is 15.6 Å². The van der Waals surface area contributed by atoms with Crippen LogP contribution < -0.4 is 5.32 Å². The van der Waals surface area contributed by atoms with Crippen molar-refractivity contribution in [2.75, 3.05) is 5.32 Å². The normalized spacial score (nSPS) is 10.2. The zero-order chi connectivity index (χ0) is 15.4. The third-order valence-electron chi connectivity index (χ3n) is 3.05. The number of anilines is 1. The second kappa shape index (κ2) is 6.54. The fourth-order valence-corrected chi connectivity index (χ4v) is 2.25. The van der Waals surface area contributed by atoms with Crippen molar-refractivity contribution in [1.82, 2.24) is 0 Å². The Kier molecular flexibility index (Phi) is 4.75. The van der Waals surface area contributed by atoms with E-state index in [1.165, 1.54) is 6.07 Å². The highest BCUT2D eigenvalue weighted by atomic mass is 79.9. The molecule has 108 valence electrons. The summed E-state index contributed by atoms with van der Waals surface area (Å²) in [4.78, 5) is 23.3. The lowest BCUT2D eigenvalue weighted by atomic mass is 10.1. The van der Waals surface area contributed by atoms with Crippen LogP contribution in [0, 0.1) is 6.92 Å². The molecule has 0 bridgehead atoms. The highest BCUT2D eigenvalue weighted by Crippen LogP contribution is 2.21. The lowest BCUT2D eigenvalue weighted by molar-refractivity contribution is -0.115. The highest BCUT2D eigenvalue weighted by molar-refractivity contribution is 9.10. The number of para-hydroxylation sites is 1. The molecule has 0 spiro atoms. The number of carbonyl (C=O) groups is 2. The maximum Gasteiger partial charge on any atom is 0.337 e. The monoisotopic (exact) mass is 347 g/mol. The summed E-state index contributed by atoms with van der Waals surface area (Å²) in [5, 5.41) is 11.9. The van der Waals surface area contributed by atoms with Gasteiger partial charge in [0.05, 0.1) is 17.7 Å². The largest absolute Gasteiger partial charge is 0.478 e. The molecule has 0 aliphatic carbocycles. The fourth-order valence-electron chi connectivity index (χ4n) is 1.98. The summed E-state index contributed by atoms with van der Waals surface area (Å²) in [7, 11) is 0. The van der Waals surface area contributed by atoms with Crippen LogP contribution in [0.15, 0.2) is 46.9 Å². The molecule has 0 fully saturated rings. The summed E-state index contributed by atoms with van der Waals surface area (Å²) >= 11 is 3.33. The van der Waals surface area contributed by atoms with Gasteiger partial charge in [-0.05, 0) is 36.2 Å². The molecular weight excluding hydrogens is 334 g/mol. The van der Waals surface area contributed by atoms with E-state index in [-0.39, 0.29) is 17.9 Å². The maximum absolute atomic E-state index is 12.1. The van der Waals surface area contributed by atoms with E-state index in [0.29, 0.717) is 5.69 Å². The number of rotatable bonds is 4. The number of halogens is 1. The molecule has 5 heteroatoms. The second-order valence-corrected chi connectivity index (χ2v) is 5.57. The summed E-state index contributed by atoms with van der Waals surface area (Å²) < 4.78 is 0.943. The molecule has 2 aromatic rings. The van der Waals surface area contributed by atoms with Crippen LogP contribution in [-0.4, -0.2) is 17.0 Å². The summed E-state index contributed by atoms with van der Waals surface area (Å²) in [6.07, 6.45) is 0.195. The predicted molar refractivity (Wildman–Crippen MR) is 84.6 cm³/mol. The van der Waals surface area contributed by atoms with Crippen molar-refractivity contribution in [1.29, 1.82) is 0 Å². The first-order valence-corrected chi connectivity index (χ1v) is 7.14. The fraction of sp³-hybridized carbons (Fsp3) is 0.125. The number of nitrogens with one attached hydrogen (secondary N) is 1. The zero-order valence-corrected chi connectivity index (χ0v) is 13.0. The number of hydrogen-bond donors (Lipinski definition) is 2. The summed E-state index contributed by atoms with van der Waals surface area (Å²) in [5.41, 5.74) is 2.03. The first-order valence-electron chi connectivity index (χ1n) is 6.34. The van der Waals surface area contributed by atoms with Gasteiger partial charge in [0, 0.05) is 4.47 Å². The van der Waals surface area contributed by atoms with E-state index in [1.807, 2.05) is 24.3 Å². The van der Waals surface area contributed by atoms with Crippen LogP contribution in [0.5, 0.6) is 0 Å². The Hall–Kier alpha value is -2.14. The van der Waals surface area contributed by atoms with Crippen LogP contribution >= 0.6 is 15.9 Å². The van der Waals surface area contributed by atoms with E-state index in [1.54, 1.807) is 19.1 Å². The molecule has 2 N–H and O–H groups in total. The van der Waals surface area contributed by atoms with E-state index < -0.39 is 5.97 Å². The van der Waals surface area contributed by atoms with Crippen LogP contribution in [-0.2, 0) is 11.2 Å². The topological polar surface area (TPSA) is 66.4 Å². The van der Waals surface area contributed by atoms with Crippen LogP contribution in [0.1, 0.15) is 21.5 Å². The molecule has 0 aliphatic rings. The second-order valence-electron chi connectivity index (χ2n) is 4.65. The Morgan fingerprint density at radius 3 is 2.43 bits per heavy atom. The van der Waals surface area contributed by atoms with Crippen molar-refractivity contribution >= 4 is 33.5 Å². The number of carboxylic acids is 1. The molecule has 4 nitrogen and oxygen atoms in total. The van der Waals surface area contributed by atoms with Gasteiger partial charge in [-0.15, -0.1) is 0 Å². The molecule has 1 amide bonds. The highest BCUT2D eigenvalue weighted by Gasteiger charge is 2.14. The van der Waals surface area contributed by atoms with Gasteiger partial charge < -0.3 is 10.4 Å². The molecule has 0 saturated carbocycles. The van der Waals surface area contributed by atoms with Crippen molar-refractivity contribution in [3.63, 3.8) is 0 Å². The number of carboxylic acid groups (broad SMARTS) is 1. The molecule has 0 heterocycles. The van der Waals surface area contributed by atoms with Crippen LogP contribution in [0.25, 0.3) is 0 Å².